The van der Waals surface area contributed by atoms with Crippen molar-refractivity contribution in [3.8, 4) is 6.07 Å². The highest BCUT2D eigenvalue weighted by Gasteiger charge is 2.24. The standard InChI is InChI=1S/C11H20N2O2S/c1-9(2)8-16(14,15)13-11-5-3-10(7-12)4-6-11/h9-11,13H,3-6,8H2,1-2H3. The molecule has 0 amide bonds. The van der Waals surface area contributed by atoms with Gasteiger partial charge in [0.1, 0.15) is 0 Å². The van der Waals surface area contributed by atoms with Crippen LogP contribution >= 0.6 is 0 Å². The van der Waals surface area contributed by atoms with E-state index < -0.39 is 10.0 Å². The molecule has 1 rings (SSSR count). The van der Waals surface area contributed by atoms with E-state index >= 15 is 0 Å². The van der Waals surface area contributed by atoms with E-state index in [9.17, 15) is 8.42 Å². The molecule has 0 bridgehead atoms. The van der Waals surface area contributed by atoms with Crippen molar-refractivity contribution in [3.05, 3.63) is 0 Å². The van der Waals surface area contributed by atoms with Crippen molar-refractivity contribution in [1.82, 2.24) is 4.72 Å². The summed E-state index contributed by atoms with van der Waals surface area (Å²) in [6.45, 7) is 3.79. The number of rotatable bonds is 4. The van der Waals surface area contributed by atoms with E-state index in [1.807, 2.05) is 13.8 Å². The first-order chi connectivity index (χ1) is 7.43. The van der Waals surface area contributed by atoms with Gasteiger partial charge in [0, 0.05) is 12.0 Å². The molecule has 0 aromatic heterocycles. The van der Waals surface area contributed by atoms with Gasteiger partial charge in [-0.1, -0.05) is 13.8 Å². The van der Waals surface area contributed by atoms with Crippen LogP contribution in [0.1, 0.15) is 39.5 Å². The molecule has 0 aromatic rings. The van der Waals surface area contributed by atoms with E-state index in [1.54, 1.807) is 0 Å². The van der Waals surface area contributed by atoms with Crippen LogP contribution in [0, 0.1) is 23.2 Å². The number of hydrogen-bond donors (Lipinski definition) is 1. The van der Waals surface area contributed by atoms with Crippen LogP contribution in [0.2, 0.25) is 0 Å². The van der Waals surface area contributed by atoms with Crippen molar-refractivity contribution in [2.45, 2.75) is 45.6 Å². The lowest BCUT2D eigenvalue weighted by molar-refractivity contribution is 0.361. The Kier molecular flexibility index (Phi) is 4.75. The highest BCUT2D eigenvalue weighted by atomic mass is 32.2. The molecule has 1 fully saturated rings. The van der Waals surface area contributed by atoms with Crippen LogP contribution in [-0.2, 0) is 10.0 Å². The van der Waals surface area contributed by atoms with E-state index in [0.29, 0.717) is 0 Å². The second kappa shape index (κ2) is 5.65. The Hall–Kier alpha value is -0.600. The lowest BCUT2D eigenvalue weighted by atomic mass is 9.88. The highest BCUT2D eigenvalue weighted by molar-refractivity contribution is 7.89. The third-order valence-corrected chi connectivity index (χ3v) is 4.61. The lowest BCUT2D eigenvalue weighted by Gasteiger charge is -2.25. The van der Waals surface area contributed by atoms with Gasteiger partial charge in [-0.05, 0) is 31.6 Å². The predicted molar refractivity (Wildman–Crippen MR) is 63.1 cm³/mol. The molecule has 0 heterocycles. The van der Waals surface area contributed by atoms with Crippen LogP contribution in [0.25, 0.3) is 0 Å². The Morgan fingerprint density at radius 3 is 2.31 bits per heavy atom. The molecule has 0 spiro atoms. The molecule has 16 heavy (non-hydrogen) atoms. The van der Waals surface area contributed by atoms with Crippen molar-refractivity contribution in [2.24, 2.45) is 11.8 Å². The molecule has 5 heteroatoms. The zero-order valence-corrected chi connectivity index (χ0v) is 10.8. The molecule has 4 nitrogen and oxygen atoms in total. The summed E-state index contributed by atoms with van der Waals surface area (Å²) >= 11 is 0. The predicted octanol–water partition coefficient (Wildman–Crippen LogP) is 1.64. The van der Waals surface area contributed by atoms with Gasteiger partial charge < -0.3 is 0 Å². The molecule has 92 valence electrons. The van der Waals surface area contributed by atoms with Crippen LogP contribution < -0.4 is 4.72 Å². The normalized spacial score (nSPS) is 26.6. The fraction of sp³-hybridized carbons (Fsp3) is 0.909. The molecule has 1 saturated carbocycles. The maximum atomic E-state index is 11.7. The molecule has 1 aliphatic rings. The van der Waals surface area contributed by atoms with Gasteiger partial charge in [-0.15, -0.1) is 0 Å². The quantitative estimate of drug-likeness (QED) is 0.817. The van der Waals surface area contributed by atoms with E-state index in [-0.39, 0.29) is 23.6 Å². The summed E-state index contributed by atoms with van der Waals surface area (Å²) in [5.41, 5.74) is 0. The zero-order valence-electron chi connectivity index (χ0n) is 9.94. The molecule has 0 radical (unpaired) electrons. The van der Waals surface area contributed by atoms with Crippen LogP contribution in [0.4, 0.5) is 0 Å². The number of nitriles is 1. The van der Waals surface area contributed by atoms with Gasteiger partial charge in [-0.25, -0.2) is 13.1 Å². The van der Waals surface area contributed by atoms with E-state index in [4.69, 9.17) is 5.26 Å². The summed E-state index contributed by atoms with van der Waals surface area (Å²) in [7, 11) is -3.14. The topological polar surface area (TPSA) is 70.0 Å². The summed E-state index contributed by atoms with van der Waals surface area (Å²) in [4.78, 5) is 0. The average Bonchev–Trinajstić information content (AvgIpc) is 2.16. The SMILES string of the molecule is CC(C)CS(=O)(=O)NC1CCC(C#N)CC1. The first-order valence-electron chi connectivity index (χ1n) is 5.82. The van der Waals surface area contributed by atoms with E-state index in [0.717, 1.165) is 25.7 Å². The summed E-state index contributed by atoms with van der Waals surface area (Å²) < 4.78 is 26.1. The van der Waals surface area contributed by atoms with Crippen LogP contribution in [0.3, 0.4) is 0 Å². The Morgan fingerprint density at radius 2 is 1.88 bits per heavy atom. The molecule has 0 saturated heterocycles. The van der Waals surface area contributed by atoms with Crippen LogP contribution in [0.5, 0.6) is 0 Å². The smallest absolute Gasteiger partial charge is 0.212 e. The number of nitrogens with one attached hydrogen (secondary N) is 1. The van der Waals surface area contributed by atoms with Gasteiger partial charge in [-0.2, -0.15) is 5.26 Å². The number of hydrogen-bond acceptors (Lipinski definition) is 3. The molecule has 0 atom stereocenters. The first kappa shape index (κ1) is 13.5. The highest BCUT2D eigenvalue weighted by Crippen LogP contribution is 2.24. The summed E-state index contributed by atoms with van der Waals surface area (Å²) in [5.74, 6) is 0.448. The summed E-state index contributed by atoms with van der Waals surface area (Å²) in [5, 5.41) is 8.74. The molecular weight excluding hydrogens is 224 g/mol. The molecule has 0 aromatic carbocycles. The van der Waals surface area contributed by atoms with Crippen LogP contribution in [-0.4, -0.2) is 20.2 Å². The minimum atomic E-state index is -3.14. The Bertz CT molecular complexity index is 349. The van der Waals surface area contributed by atoms with Crippen molar-refractivity contribution < 1.29 is 8.42 Å². The minimum absolute atomic E-state index is 0.0355. The first-order valence-corrected chi connectivity index (χ1v) is 7.48. The van der Waals surface area contributed by atoms with Crippen molar-refractivity contribution in [1.29, 1.82) is 5.26 Å². The molecule has 0 unspecified atom stereocenters. The summed E-state index contributed by atoms with van der Waals surface area (Å²) in [6.07, 6.45) is 3.20. The Morgan fingerprint density at radius 1 is 1.31 bits per heavy atom. The molecule has 1 aliphatic carbocycles. The van der Waals surface area contributed by atoms with Gasteiger partial charge in [-0.3, -0.25) is 0 Å². The van der Waals surface area contributed by atoms with Crippen molar-refractivity contribution >= 4 is 10.0 Å². The average molecular weight is 244 g/mol. The maximum Gasteiger partial charge on any atom is 0.212 e. The third kappa shape index (κ3) is 4.50. The fourth-order valence-corrected chi connectivity index (χ4v) is 3.80. The Balaban J connectivity index is 2.42. The fourth-order valence-electron chi connectivity index (χ4n) is 2.08. The third-order valence-electron chi connectivity index (χ3n) is 2.81. The molecular formula is C11H20N2O2S. The van der Waals surface area contributed by atoms with Gasteiger partial charge in [0.05, 0.1) is 11.8 Å². The maximum absolute atomic E-state index is 11.7. The molecule has 0 aliphatic heterocycles. The van der Waals surface area contributed by atoms with Crippen molar-refractivity contribution in [3.63, 3.8) is 0 Å². The van der Waals surface area contributed by atoms with Gasteiger partial charge >= 0.3 is 0 Å². The lowest BCUT2D eigenvalue weighted by Crippen LogP contribution is -2.39. The zero-order chi connectivity index (χ0) is 12.2. The second-order valence-electron chi connectivity index (χ2n) is 4.97. The van der Waals surface area contributed by atoms with Gasteiger partial charge in [0.15, 0.2) is 0 Å². The van der Waals surface area contributed by atoms with E-state index in [1.165, 1.54) is 0 Å². The van der Waals surface area contributed by atoms with Gasteiger partial charge in [0.25, 0.3) is 0 Å². The second-order valence-corrected chi connectivity index (χ2v) is 6.77. The van der Waals surface area contributed by atoms with E-state index in [2.05, 4.69) is 10.8 Å². The van der Waals surface area contributed by atoms with Gasteiger partial charge in [0.2, 0.25) is 10.0 Å². The van der Waals surface area contributed by atoms with Crippen LogP contribution in [0.15, 0.2) is 0 Å². The summed E-state index contributed by atoms with van der Waals surface area (Å²) in [6, 6.07) is 2.28. The Labute approximate surface area is 98.1 Å². The monoisotopic (exact) mass is 244 g/mol. The number of nitrogens with zero attached hydrogens (tertiary/aromatic N) is 1. The largest absolute Gasteiger partial charge is 0.212 e. The number of sulfonamides is 1. The van der Waals surface area contributed by atoms with Crippen molar-refractivity contribution in [2.75, 3.05) is 5.75 Å². The molecule has 1 N–H and O–H groups in total. The minimum Gasteiger partial charge on any atom is -0.212 e.